The number of aliphatic carboxylic acids is 1. The molecule has 9 heteroatoms. The number of Topliss-reactive ketones (excluding diaryl/α,β-unsaturated/α-hetero) is 1. The zero-order valence-electron chi connectivity index (χ0n) is 10.4. The lowest BCUT2D eigenvalue weighted by Gasteiger charge is -1.97. The van der Waals surface area contributed by atoms with E-state index in [-0.39, 0.29) is 18.3 Å². The second-order valence-corrected chi connectivity index (χ2v) is 4.78. The van der Waals surface area contributed by atoms with Crippen LogP contribution in [-0.2, 0) is 11.3 Å². The zero-order valence-corrected chi connectivity index (χ0v) is 11.2. The number of hydrogen-bond donors (Lipinski definition) is 2. The second-order valence-electron chi connectivity index (χ2n) is 3.87. The minimum absolute atomic E-state index is 0.00836. The Bertz CT molecular complexity index is 676. The van der Waals surface area contributed by atoms with Crippen LogP contribution >= 0.6 is 11.3 Å². The molecule has 0 saturated heterocycles. The summed E-state index contributed by atoms with van der Waals surface area (Å²) in [5.41, 5.74) is 0.463. The molecule has 0 unspecified atom stereocenters. The zero-order chi connectivity index (χ0) is 14.7. The number of carboxylic acids is 1. The normalized spacial score (nSPS) is 10.2. The molecule has 0 fully saturated rings. The maximum absolute atomic E-state index is 11.9. The van der Waals surface area contributed by atoms with E-state index < -0.39 is 11.9 Å². The third-order valence-corrected chi connectivity index (χ3v) is 3.22. The van der Waals surface area contributed by atoms with Crippen molar-refractivity contribution in [2.75, 3.05) is 5.32 Å². The minimum atomic E-state index is -1.06. The van der Waals surface area contributed by atoms with Crippen LogP contribution in [0.1, 0.15) is 27.0 Å². The van der Waals surface area contributed by atoms with E-state index in [0.29, 0.717) is 10.4 Å². The second kappa shape index (κ2) is 5.61. The Kier molecular flexibility index (Phi) is 3.89. The number of ketones is 1. The monoisotopic (exact) mass is 294 g/mol. The third kappa shape index (κ3) is 3.26. The molecule has 2 aromatic heterocycles. The Morgan fingerprint density at radius 2 is 2.20 bits per heavy atom. The summed E-state index contributed by atoms with van der Waals surface area (Å²) in [5, 5.41) is 16.4. The summed E-state index contributed by atoms with van der Waals surface area (Å²) in [7, 11) is 0. The van der Waals surface area contributed by atoms with E-state index in [0.717, 1.165) is 16.0 Å². The van der Waals surface area contributed by atoms with Gasteiger partial charge < -0.3 is 5.11 Å². The summed E-state index contributed by atoms with van der Waals surface area (Å²) < 4.78 is 1.09. The molecule has 2 heterocycles. The van der Waals surface area contributed by atoms with Crippen molar-refractivity contribution in [3.63, 3.8) is 0 Å². The molecule has 0 radical (unpaired) electrons. The Balaban J connectivity index is 2.05. The first-order chi connectivity index (χ1) is 9.45. The van der Waals surface area contributed by atoms with Gasteiger partial charge in [-0.25, -0.2) is 9.67 Å². The third-order valence-electron chi connectivity index (χ3n) is 2.29. The molecule has 20 heavy (non-hydrogen) atoms. The van der Waals surface area contributed by atoms with Crippen LogP contribution < -0.4 is 5.32 Å². The van der Waals surface area contributed by atoms with Crippen LogP contribution in [0.15, 0.2) is 17.8 Å². The van der Waals surface area contributed by atoms with Crippen LogP contribution in [0.4, 0.5) is 5.95 Å². The largest absolute Gasteiger partial charge is 0.480 e. The van der Waals surface area contributed by atoms with E-state index in [1.54, 1.807) is 5.38 Å². The van der Waals surface area contributed by atoms with Crippen molar-refractivity contribution in [2.24, 2.45) is 0 Å². The summed E-state index contributed by atoms with van der Waals surface area (Å²) in [5.74, 6) is -1.62. The number of thiophene rings is 1. The van der Waals surface area contributed by atoms with Crippen molar-refractivity contribution >= 4 is 34.9 Å². The summed E-state index contributed by atoms with van der Waals surface area (Å²) in [6, 6.07) is 1.48. The lowest BCUT2D eigenvalue weighted by molar-refractivity contribution is -0.137. The number of amides is 1. The molecule has 0 atom stereocenters. The van der Waals surface area contributed by atoms with E-state index in [1.807, 2.05) is 0 Å². The topological polar surface area (TPSA) is 114 Å². The fourth-order valence-corrected chi connectivity index (χ4v) is 2.21. The molecule has 0 aromatic carbocycles. The molecule has 0 aliphatic rings. The fourth-order valence-electron chi connectivity index (χ4n) is 1.37. The number of carbonyl (C=O) groups is 3. The van der Waals surface area contributed by atoms with Gasteiger partial charge in [-0.1, -0.05) is 0 Å². The van der Waals surface area contributed by atoms with Gasteiger partial charge in [0.2, 0.25) is 5.95 Å². The van der Waals surface area contributed by atoms with Gasteiger partial charge in [-0.15, -0.1) is 16.4 Å². The van der Waals surface area contributed by atoms with Gasteiger partial charge in [0, 0.05) is 10.9 Å². The van der Waals surface area contributed by atoms with Crippen molar-refractivity contribution < 1.29 is 19.5 Å². The van der Waals surface area contributed by atoms with Crippen molar-refractivity contribution in [2.45, 2.75) is 13.5 Å². The summed E-state index contributed by atoms with van der Waals surface area (Å²) in [6.45, 7) is 1.08. The fraction of sp³-hybridized carbons (Fsp3) is 0.182. The number of rotatable bonds is 5. The Morgan fingerprint density at radius 3 is 2.80 bits per heavy atom. The SMILES string of the molecule is CC(=O)c1csc(C(=O)Nc2ncn(CC(=O)O)n2)c1. The van der Waals surface area contributed by atoms with Gasteiger partial charge in [0.25, 0.3) is 5.91 Å². The lowest BCUT2D eigenvalue weighted by Crippen LogP contribution is -2.13. The first kappa shape index (κ1) is 13.9. The van der Waals surface area contributed by atoms with Crippen molar-refractivity contribution in [3.05, 3.63) is 28.2 Å². The standard InChI is InChI=1S/C11H10N4O4S/c1-6(16)7-2-8(20-4-7)10(19)13-11-12-5-15(14-11)3-9(17)18/h2,4-5H,3H2,1H3,(H,17,18)(H,13,14,19). The van der Waals surface area contributed by atoms with Gasteiger partial charge in [0.1, 0.15) is 12.9 Å². The van der Waals surface area contributed by atoms with Gasteiger partial charge >= 0.3 is 5.97 Å². The van der Waals surface area contributed by atoms with Crippen LogP contribution in [0, 0.1) is 0 Å². The molecule has 0 saturated carbocycles. The van der Waals surface area contributed by atoms with Crippen LogP contribution in [0.5, 0.6) is 0 Å². The van der Waals surface area contributed by atoms with E-state index in [2.05, 4.69) is 15.4 Å². The lowest BCUT2D eigenvalue weighted by atomic mass is 10.2. The molecule has 8 nitrogen and oxygen atoms in total. The summed E-state index contributed by atoms with van der Waals surface area (Å²) >= 11 is 1.13. The molecule has 2 N–H and O–H groups in total. The predicted molar refractivity (Wildman–Crippen MR) is 69.9 cm³/mol. The van der Waals surface area contributed by atoms with E-state index >= 15 is 0 Å². The van der Waals surface area contributed by atoms with Crippen LogP contribution in [0.3, 0.4) is 0 Å². The first-order valence-corrected chi connectivity index (χ1v) is 6.35. The molecular weight excluding hydrogens is 284 g/mol. The molecule has 0 spiro atoms. The number of aromatic nitrogens is 3. The van der Waals surface area contributed by atoms with Gasteiger partial charge in [-0.2, -0.15) is 0 Å². The number of nitrogens with one attached hydrogen (secondary N) is 1. The van der Waals surface area contributed by atoms with Crippen LogP contribution in [-0.4, -0.2) is 37.5 Å². The average Bonchev–Trinajstić information content (AvgIpc) is 2.97. The number of nitrogens with zero attached hydrogens (tertiary/aromatic N) is 3. The number of anilines is 1. The predicted octanol–water partition coefficient (Wildman–Crippen LogP) is 0.879. The smallest absolute Gasteiger partial charge is 0.325 e. The molecule has 104 valence electrons. The van der Waals surface area contributed by atoms with Gasteiger partial charge in [-0.05, 0) is 13.0 Å². The van der Waals surface area contributed by atoms with Gasteiger partial charge in [0.15, 0.2) is 5.78 Å². The first-order valence-electron chi connectivity index (χ1n) is 5.48. The van der Waals surface area contributed by atoms with Gasteiger partial charge in [0.05, 0.1) is 4.88 Å². The van der Waals surface area contributed by atoms with E-state index in [4.69, 9.17) is 5.11 Å². The van der Waals surface area contributed by atoms with Crippen LogP contribution in [0.25, 0.3) is 0 Å². The minimum Gasteiger partial charge on any atom is -0.480 e. The van der Waals surface area contributed by atoms with E-state index in [1.165, 1.54) is 19.3 Å². The maximum Gasteiger partial charge on any atom is 0.325 e. The Labute approximate surface area is 117 Å². The van der Waals surface area contributed by atoms with Crippen molar-refractivity contribution in [3.8, 4) is 0 Å². The van der Waals surface area contributed by atoms with E-state index in [9.17, 15) is 14.4 Å². The molecule has 2 aromatic rings. The molecular formula is C11H10N4O4S. The number of carbonyl (C=O) groups excluding carboxylic acids is 2. The number of carboxylic acid groups (broad SMARTS) is 1. The quantitative estimate of drug-likeness (QED) is 0.791. The molecule has 1 amide bonds. The molecule has 0 aliphatic carbocycles. The molecule has 0 aliphatic heterocycles. The van der Waals surface area contributed by atoms with Crippen molar-refractivity contribution in [1.82, 2.24) is 14.8 Å². The highest BCUT2D eigenvalue weighted by molar-refractivity contribution is 7.12. The highest BCUT2D eigenvalue weighted by atomic mass is 32.1. The van der Waals surface area contributed by atoms with Crippen LogP contribution in [0.2, 0.25) is 0 Å². The van der Waals surface area contributed by atoms with Gasteiger partial charge in [-0.3, -0.25) is 19.7 Å². The summed E-state index contributed by atoms with van der Waals surface area (Å²) in [4.78, 5) is 37.6. The Morgan fingerprint density at radius 1 is 1.45 bits per heavy atom. The highest BCUT2D eigenvalue weighted by Crippen LogP contribution is 2.16. The molecule has 2 rings (SSSR count). The van der Waals surface area contributed by atoms with Crippen molar-refractivity contribution in [1.29, 1.82) is 0 Å². The Hall–Kier alpha value is -2.55. The maximum atomic E-state index is 11.9. The summed E-state index contributed by atoms with van der Waals surface area (Å²) in [6.07, 6.45) is 1.21. The average molecular weight is 294 g/mol. The highest BCUT2D eigenvalue weighted by Gasteiger charge is 2.13. The number of hydrogen-bond acceptors (Lipinski definition) is 6. The molecule has 0 bridgehead atoms.